The van der Waals surface area contributed by atoms with E-state index in [1.165, 1.54) is 19.3 Å². The Hall–Kier alpha value is -0.370. The summed E-state index contributed by atoms with van der Waals surface area (Å²) in [6.45, 7) is 7.33. The third kappa shape index (κ3) is 1.68. The highest BCUT2D eigenvalue weighted by Gasteiger charge is 2.63. The van der Waals surface area contributed by atoms with Gasteiger partial charge in [-0.25, -0.2) is 0 Å². The number of hydrogen-bond donors (Lipinski definition) is 0. The van der Waals surface area contributed by atoms with Crippen LogP contribution in [0.15, 0.2) is 0 Å². The van der Waals surface area contributed by atoms with Gasteiger partial charge in [-0.15, -0.1) is 0 Å². The van der Waals surface area contributed by atoms with Crippen molar-refractivity contribution in [1.82, 2.24) is 0 Å². The van der Waals surface area contributed by atoms with Crippen molar-refractivity contribution >= 4 is 5.78 Å². The summed E-state index contributed by atoms with van der Waals surface area (Å²) in [5, 5.41) is 0. The molecule has 0 heterocycles. The number of carbonyl (C=O) groups excluding carboxylic acids is 1. The zero-order valence-electron chi connectivity index (χ0n) is 12.9. The first-order chi connectivity index (χ1) is 8.91. The average Bonchev–Trinajstić information content (AvgIpc) is 2.71. The number of ether oxygens (including phenoxy) is 1. The van der Waals surface area contributed by atoms with Crippen molar-refractivity contribution in [1.29, 1.82) is 0 Å². The minimum Gasteiger partial charge on any atom is -0.374 e. The second-order valence-electron chi connectivity index (χ2n) is 7.88. The van der Waals surface area contributed by atoms with Crippen molar-refractivity contribution in [2.24, 2.45) is 28.6 Å². The zero-order valence-corrected chi connectivity index (χ0v) is 12.9. The fourth-order valence-electron chi connectivity index (χ4n) is 5.55. The van der Waals surface area contributed by atoms with Gasteiger partial charge in [0.25, 0.3) is 0 Å². The summed E-state index contributed by atoms with van der Waals surface area (Å²) in [7, 11) is 1.69. The first-order valence-corrected chi connectivity index (χ1v) is 7.98. The summed E-state index contributed by atoms with van der Waals surface area (Å²) in [4.78, 5) is 12.6. The van der Waals surface area contributed by atoms with Crippen molar-refractivity contribution < 1.29 is 9.53 Å². The monoisotopic (exact) mass is 264 g/mol. The van der Waals surface area contributed by atoms with Gasteiger partial charge < -0.3 is 4.74 Å². The highest BCUT2D eigenvalue weighted by atomic mass is 16.5. The molecule has 108 valence electrons. The summed E-state index contributed by atoms with van der Waals surface area (Å²) < 4.78 is 5.41. The lowest BCUT2D eigenvalue weighted by Crippen LogP contribution is -2.44. The quantitative estimate of drug-likeness (QED) is 0.757. The van der Waals surface area contributed by atoms with Gasteiger partial charge in [0, 0.05) is 13.0 Å². The molecule has 0 radical (unpaired) electrons. The first kappa shape index (κ1) is 13.6. The van der Waals surface area contributed by atoms with E-state index >= 15 is 0 Å². The van der Waals surface area contributed by atoms with E-state index in [-0.39, 0.29) is 12.0 Å². The molecule has 0 aromatic heterocycles. The Morgan fingerprint density at radius 1 is 1.16 bits per heavy atom. The van der Waals surface area contributed by atoms with E-state index in [1.807, 2.05) is 0 Å². The van der Waals surface area contributed by atoms with Crippen LogP contribution in [0.4, 0.5) is 0 Å². The van der Waals surface area contributed by atoms with E-state index in [1.54, 1.807) is 7.11 Å². The van der Waals surface area contributed by atoms with Crippen LogP contribution in [-0.4, -0.2) is 19.0 Å². The highest BCUT2D eigenvalue weighted by Crippen LogP contribution is 2.70. The van der Waals surface area contributed by atoms with Crippen LogP contribution in [0, 0.1) is 28.6 Å². The normalized spacial score (nSPS) is 48.7. The maximum Gasteiger partial charge on any atom is 0.164 e. The van der Waals surface area contributed by atoms with Crippen LogP contribution in [-0.2, 0) is 9.53 Å². The molecule has 0 saturated heterocycles. The number of rotatable bonds is 2. The molecule has 5 atom stereocenters. The lowest BCUT2D eigenvalue weighted by Gasteiger charge is -2.44. The van der Waals surface area contributed by atoms with Crippen LogP contribution in [0.2, 0.25) is 0 Å². The summed E-state index contributed by atoms with van der Waals surface area (Å²) >= 11 is 0. The van der Waals surface area contributed by atoms with Crippen LogP contribution >= 0.6 is 0 Å². The van der Waals surface area contributed by atoms with E-state index in [0.717, 1.165) is 25.2 Å². The van der Waals surface area contributed by atoms with Gasteiger partial charge in [-0.2, -0.15) is 0 Å². The van der Waals surface area contributed by atoms with E-state index in [2.05, 4.69) is 20.8 Å². The second-order valence-corrected chi connectivity index (χ2v) is 7.88. The third-order valence-corrected chi connectivity index (χ3v) is 7.30. The van der Waals surface area contributed by atoms with Crippen LogP contribution in [0.3, 0.4) is 0 Å². The lowest BCUT2D eigenvalue weighted by molar-refractivity contribution is -0.140. The molecule has 2 heteroatoms. The molecule has 3 saturated carbocycles. The largest absolute Gasteiger partial charge is 0.374 e. The van der Waals surface area contributed by atoms with Gasteiger partial charge in [0.15, 0.2) is 5.78 Å². The molecule has 0 aliphatic heterocycles. The molecule has 0 N–H and O–H groups in total. The molecule has 0 spiro atoms. The average molecular weight is 264 g/mol. The van der Waals surface area contributed by atoms with Crippen molar-refractivity contribution in [2.45, 2.75) is 65.4 Å². The molecule has 3 aliphatic rings. The van der Waals surface area contributed by atoms with Gasteiger partial charge in [0.05, 0.1) is 0 Å². The number of carbonyl (C=O) groups is 1. The number of methoxy groups -OCH3 is 1. The Kier molecular flexibility index (Phi) is 3.09. The predicted octanol–water partition coefficient (Wildman–Crippen LogP) is 3.83. The maximum atomic E-state index is 12.6. The molecule has 0 amide bonds. The summed E-state index contributed by atoms with van der Waals surface area (Å²) in [6, 6.07) is 0. The summed E-state index contributed by atoms with van der Waals surface area (Å²) in [5.74, 6) is 2.11. The van der Waals surface area contributed by atoms with Crippen LogP contribution < -0.4 is 0 Å². The van der Waals surface area contributed by atoms with E-state index < -0.39 is 0 Å². The molecule has 2 unspecified atom stereocenters. The molecular formula is C17H28O2. The third-order valence-electron chi connectivity index (χ3n) is 7.30. The Bertz CT molecular complexity index is 387. The Balaban J connectivity index is 1.86. The Morgan fingerprint density at radius 2 is 1.89 bits per heavy atom. The van der Waals surface area contributed by atoms with Gasteiger partial charge in [0.1, 0.15) is 6.10 Å². The molecule has 0 aromatic rings. The Morgan fingerprint density at radius 3 is 2.42 bits per heavy atom. The molecule has 19 heavy (non-hydrogen) atoms. The van der Waals surface area contributed by atoms with Crippen molar-refractivity contribution in [3.05, 3.63) is 0 Å². The van der Waals surface area contributed by atoms with Gasteiger partial charge in [-0.3, -0.25) is 4.79 Å². The van der Waals surface area contributed by atoms with Gasteiger partial charge >= 0.3 is 0 Å². The van der Waals surface area contributed by atoms with Gasteiger partial charge in [-0.05, 0) is 61.2 Å². The number of Topliss-reactive ketones (excluding diaryl/α,β-unsaturated/α-hetero) is 1. The van der Waals surface area contributed by atoms with Crippen LogP contribution in [0.25, 0.3) is 0 Å². The molecule has 0 aromatic carbocycles. The maximum absolute atomic E-state index is 12.6. The van der Waals surface area contributed by atoms with E-state index in [0.29, 0.717) is 22.5 Å². The molecule has 3 aliphatic carbocycles. The number of ketones is 1. The molecule has 2 bridgehead atoms. The summed E-state index contributed by atoms with van der Waals surface area (Å²) in [6.07, 6.45) is 7.03. The fourth-order valence-corrected chi connectivity index (χ4v) is 5.55. The number of fused-ring (bicyclic) bond motifs is 2. The first-order valence-electron chi connectivity index (χ1n) is 7.98. The van der Waals surface area contributed by atoms with E-state index in [4.69, 9.17) is 4.74 Å². The molecule has 2 nitrogen and oxygen atoms in total. The SMILES string of the molecule is COC1CCCC([C@@H]2C[C@H]3CC[C@]2(C)C3(C)C)C1=O. The highest BCUT2D eigenvalue weighted by molar-refractivity contribution is 5.86. The second kappa shape index (κ2) is 4.31. The van der Waals surface area contributed by atoms with Crippen molar-refractivity contribution in [2.75, 3.05) is 7.11 Å². The minimum absolute atomic E-state index is 0.121. The van der Waals surface area contributed by atoms with Crippen molar-refractivity contribution in [3.8, 4) is 0 Å². The van der Waals surface area contributed by atoms with Crippen LogP contribution in [0.1, 0.15) is 59.3 Å². The standard InChI is InChI=1S/C17H28O2/c1-16(2)11-8-9-17(16,3)13(10-11)12-6-5-7-14(19-4)15(12)18/h11-14H,5-10H2,1-4H3/t11-,12?,13+,14?,17+/m1/s1. The van der Waals surface area contributed by atoms with Crippen molar-refractivity contribution in [3.63, 3.8) is 0 Å². The number of hydrogen-bond acceptors (Lipinski definition) is 2. The lowest BCUT2D eigenvalue weighted by atomic mass is 9.60. The van der Waals surface area contributed by atoms with E-state index in [9.17, 15) is 4.79 Å². The molecule has 3 rings (SSSR count). The molecule has 3 fully saturated rings. The van der Waals surface area contributed by atoms with Crippen LogP contribution in [0.5, 0.6) is 0 Å². The zero-order chi connectivity index (χ0) is 13.8. The molecular weight excluding hydrogens is 236 g/mol. The van der Waals surface area contributed by atoms with Gasteiger partial charge in [-0.1, -0.05) is 20.8 Å². The Labute approximate surface area is 117 Å². The topological polar surface area (TPSA) is 26.3 Å². The fraction of sp³-hybridized carbons (Fsp3) is 0.941. The predicted molar refractivity (Wildman–Crippen MR) is 75.9 cm³/mol. The van der Waals surface area contributed by atoms with Gasteiger partial charge in [0.2, 0.25) is 0 Å². The minimum atomic E-state index is -0.121. The summed E-state index contributed by atoms with van der Waals surface area (Å²) in [5.41, 5.74) is 0.783. The smallest absolute Gasteiger partial charge is 0.164 e.